The molecule has 1 atom stereocenters. The van der Waals surface area contributed by atoms with Gasteiger partial charge in [0, 0.05) is 12.3 Å². The highest BCUT2D eigenvalue weighted by atomic mass is 16.1. The number of hydrogen-bond donors (Lipinski definition) is 1. The minimum Gasteiger partial charge on any atom is -0.343 e. The van der Waals surface area contributed by atoms with Gasteiger partial charge in [-0.1, -0.05) is 29.8 Å². The lowest BCUT2D eigenvalue weighted by Gasteiger charge is -2.10. The lowest BCUT2D eigenvalue weighted by atomic mass is 10.1. The quantitative estimate of drug-likeness (QED) is 0.751. The smallest absolute Gasteiger partial charge is 0.244 e. The van der Waals surface area contributed by atoms with Gasteiger partial charge in [0.1, 0.15) is 0 Å². The van der Waals surface area contributed by atoms with Gasteiger partial charge in [-0.05, 0) is 50.1 Å². The Kier molecular flexibility index (Phi) is 4.42. The van der Waals surface area contributed by atoms with E-state index < -0.39 is 0 Å². The summed E-state index contributed by atoms with van der Waals surface area (Å²) in [6.45, 7) is 5.99. The van der Waals surface area contributed by atoms with Crippen molar-refractivity contribution in [3.63, 3.8) is 0 Å². The number of benzene rings is 1. The number of fused-ring (bicyclic) bond motifs is 1. The molecule has 5 nitrogen and oxygen atoms in total. The summed E-state index contributed by atoms with van der Waals surface area (Å²) in [4.78, 5) is 12.2. The maximum atomic E-state index is 12.2. The maximum absolute atomic E-state index is 12.2. The maximum Gasteiger partial charge on any atom is 0.244 e. The molecule has 0 aliphatic carbocycles. The van der Waals surface area contributed by atoms with Crippen LogP contribution in [0.3, 0.4) is 0 Å². The minimum atomic E-state index is -0.237. The van der Waals surface area contributed by atoms with Crippen molar-refractivity contribution in [1.82, 2.24) is 19.9 Å². The highest BCUT2D eigenvalue weighted by Gasteiger charge is 2.14. The third-order valence-electron chi connectivity index (χ3n) is 3.93. The van der Waals surface area contributed by atoms with Crippen LogP contribution < -0.4 is 5.32 Å². The second-order valence-electron chi connectivity index (χ2n) is 5.91. The van der Waals surface area contributed by atoms with E-state index in [2.05, 4.69) is 28.5 Å². The van der Waals surface area contributed by atoms with Gasteiger partial charge in [-0.2, -0.15) is 0 Å². The first-order valence-corrected chi connectivity index (χ1v) is 7.90. The van der Waals surface area contributed by atoms with Gasteiger partial charge in [-0.15, -0.1) is 10.2 Å². The molecule has 0 saturated heterocycles. The first-order valence-electron chi connectivity index (χ1n) is 7.90. The van der Waals surface area contributed by atoms with Crippen LogP contribution in [0.25, 0.3) is 11.7 Å². The molecule has 0 aliphatic rings. The van der Waals surface area contributed by atoms with E-state index in [9.17, 15) is 4.79 Å². The van der Waals surface area contributed by atoms with Gasteiger partial charge in [0.15, 0.2) is 11.5 Å². The van der Waals surface area contributed by atoms with Gasteiger partial charge >= 0.3 is 0 Å². The van der Waals surface area contributed by atoms with Crippen LogP contribution in [0.1, 0.15) is 35.5 Å². The van der Waals surface area contributed by atoms with E-state index in [1.54, 1.807) is 6.08 Å². The van der Waals surface area contributed by atoms with Crippen molar-refractivity contribution in [2.24, 2.45) is 0 Å². The molecule has 3 aromatic rings. The summed E-state index contributed by atoms with van der Waals surface area (Å²) in [5.74, 6) is 0.550. The van der Waals surface area contributed by atoms with Crippen LogP contribution in [0.5, 0.6) is 0 Å². The normalized spacial score (nSPS) is 12.6. The number of carbonyl (C=O) groups excluding carboxylic acids is 1. The van der Waals surface area contributed by atoms with E-state index in [1.807, 2.05) is 60.9 Å². The molecule has 1 unspecified atom stereocenters. The number of aryl methyl sites for hydroxylation is 2. The summed E-state index contributed by atoms with van der Waals surface area (Å²) in [6.07, 6.45) is 5.27. The third-order valence-corrected chi connectivity index (χ3v) is 3.93. The van der Waals surface area contributed by atoms with Gasteiger partial charge in [0.2, 0.25) is 5.91 Å². The molecule has 0 spiro atoms. The standard InChI is InChI=1S/C19H20N4O/c1-13-7-8-16(14(2)12-13)9-10-18(24)20-15(3)19-22-21-17-6-4-5-11-23(17)19/h4-12,15H,1-3H3,(H,20,24)/b10-9+. The van der Waals surface area contributed by atoms with Crippen molar-refractivity contribution in [1.29, 1.82) is 0 Å². The lowest BCUT2D eigenvalue weighted by molar-refractivity contribution is -0.117. The number of aromatic nitrogens is 3. The van der Waals surface area contributed by atoms with Crippen LogP contribution in [0.15, 0.2) is 48.7 Å². The monoisotopic (exact) mass is 320 g/mol. The number of nitrogens with one attached hydrogen (secondary N) is 1. The minimum absolute atomic E-state index is 0.157. The topological polar surface area (TPSA) is 59.3 Å². The number of nitrogens with zero attached hydrogens (tertiary/aromatic N) is 3. The predicted octanol–water partition coefficient (Wildman–Crippen LogP) is 3.24. The lowest BCUT2D eigenvalue weighted by Crippen LogP contribution is -2.26. The van der Waals surface area contributed by atoms with Gasteiger partial charge in [0.25, 0.3) is 0 Å². The SMILES string of the molecule is Cc1ccc(/C=C/C(=O)NC(C)c2nnc3ccccn23)c(C)c1. The molecule has 1 N–H and O–H groups in total. The molecule has 3 rings (SSSR count). The first kappa shape index (κ1) is 15.9. The molecule has 0 aliphatic heterocycles. The molecule has 0 bridgehead atoms. The Bertz CT molecular complexity index is 911. The molecule has 1 amide bonds. The van der Waals surface area contributed by atoms with Gasteiger partial charge in [-0.25, -0.2) is 0 Å². The van der Waals surface area contributed by atoms with Gasteiger partial charge in [0.05, 0.1) is 6.04 Å². The van der Waals surface area contributed by atoms with Gasteiger partial charge in [-0.3, -0.25) is 9.20 Å². The zero-order valence-corrected chi connectivity index (χ0v) is 14.0. The van der Waals surface area contributed by atoms with Crippen LogP contribution in [0.4, 0.5) is 0 Å². The number of carbonyl (C=O) groups is 1. The number of amides is 1. The molecular weight excluding hydrogens is 300 g/mol. The van der Waals surface area contributed by atoms with E-state index >= 15 is 0 Å². The van der Waals surface area contributed by atoms with E-state index in [0.29, 0.717) is 5.82 Å². The fourth-order valence-corrected chi connectivity index (χ4v) is 2.66. The van der Waals surface area contributed by atoms with Crippen LogP contribution in [-0.4, -0.2) is 20.5 Å². The summed E-state index contributed by atoms with van der Waals surface area (Å²) >= 11 is 0. The second-order valence-corrected chi connectivity index (χ2v) is 5.91. The highest BCUT2D eigenvalue weighted by molar-refractivity contribution is 5.92. The van der Waals surface area contributed by atoms with Gasteiger partial charge < -0.3 is 5.32 Å². The Labute approximate surface area is 141 Å². The van der Waals surface area contributed by atoms with Crippen molar-refractivity contribution in [3.05, 3.63) is 71.2 Å². The summed E-state index contributed by atoms with van der Waals surface area (Å²) in [6, 6.07) is 11.6. The molecule has 24 heavy (non-hydrogen) atoms. The van der Waals surface area contributed by atoms with Crippen LogP contribution in [-0.2, 0) is 4.79 Å². The number of pyridine rings is 1. The van der Waals surface area contributed by atoms with Crippen LogP contribution >= 0.6 is 0 Å². The Hall–Kier alpha value is -2.95. The molecule has 2 aromatic heterocycles. The summed E-state index contributed by atoms with van der Waals surface area (Å²) < 4.78 is 1.87. The Balaban J connectivity index is 1.71. The first-order chi connectivity index (χ1) is 11.5. The van der Waals surface area contributed by atoms with E-state index in [-0.39, 0.29) is 11.9 Å². The summed E-state index contributed by atoms with van der Waals surface area (Å²) in [5, 5.41) is 11.2. The number of rotatable bonds is 4. The molecular formula is C19H20N4O. The Morgan fingerprint density at radius 1 is 1.21 bits per heavy atom. The highest BCUT2D eigenvalue weighted by Crippen LogP contribution is 2.13. The predicted molar refractivity (Wildman–Crippen MR) is 94.5 cm³/mol. The summed E-state index contributed by atoms with van der Waals surface area (Å²) in [7, 11) is 0. The van der Waals surface area contributed by atoms with Crippen LogP contribution in [0.2, 0.25) is 0 Å². The fraction of sp³-hybridized carbons (Fsp3) is 0.211. The molecule has 0 radical (unpaired) electrons. The molecule has 0 fully saturated rings. The molecule has 2 heterocycles. The van der Waals surface area contributed by atoms with Crippen molar-refractivity contribution in [3.8, 4) is 0 Å². The zero-order chi connectivity index (χ0) is 17.1. The average molecular weight is 320 g/mol. The summed E-state index contributed by atoms with van der Waals surface area (Å²) in [5.41, 5.74) is 4.16. The van der Waals surface area contributed by atoms with Crippen LogP contribution in [0, 0.1) is 13.8 Å². The molecule has 0 saturated carbocycles. The molecule has 5 heteroatoms. The van der Waals surface area contributed by atoms with Crippen molar-refractivity contribution in [2.75, 3.05) is 0 Å². The largest absolute Gasteiger partial charge is 0.343 e. The van der Waals surface area contributed by atoms with Crippen molar-refractivity contribution in [2.45, 2.75) is 26.8 Å². The number of hydrogen-bond acceptors (Lipinski definition) is 3. The Morgan fingerprint density at radius 3 is 2.83 bits per heavy atom. The van der Waals surface area contributed by atoms with E-state index in [0.717, 1.165) is 16.8 Å². The fourth-order valence-electron chi connectivity index (χ4n) is 2.66. The zero-order valence-electron chi connectivity index (χ0n) is 14.0. The third kappa shape index (κ3) is 3.35. The Morgan fingerprint density at radius 2 is 2.04 bits per heavy atom. The van der Waals surface area contributed by atoms with Crippen molar-refractivity contribution < 1.29 is 4.79 Å². The molecule has 1 aromatic carbocycles. The average Bonchev–Trinajstić information content (AvgIpc) is 2.98. The second kappa shape index (κ2) is 6.66. The van der Waals surface area contributed by atoms with Crippen molar-refractivity contribution >= 4 is 17.6 Å². The molecule has 122 valence electrons. The van der Waals surface area contributed by atoms with E-state index in [1.165, 1.54) is 5.56 Å². The van der Waals surface area contributed by atoms with E-state index in [4.69, 9.17) is 0 Å².